The summed E-state index contributed by atoms with van der Waals surface area (Å²) in [5.41, 5.74) is -1.03. The van der Waals surface area contributed by atoms with E-state index in [1.54, 1.807) is 20.8 Å². The molecule has 0 aliphatic rings. The van der Waals surface area contributed by atoms with Crippen LogP contribution in [0.1, 0.15) is 20.8 Å². The second-order valence-corrected chi connectivity index (χ2v) is 6.56. The Labute approximate surface area is 110 Å². The largest absolute Gasteiger partial charge is 0.504 e. The summed E-state index contributed by atoms with van der Waals surface area (Å²) in [6.45, 7) is 4.93. The van der Waals surface area contributed by atoms with E-state index in [-0.39, 0.29) is 10.7 Å². The molecule has 0 spiro atoms. The van der Waals surface area contributed by atoms with E-state index in [4.69, 9.17) is 11.6 Å². The third-order valence-electron chi connectivity index (χ3n) is 1.71. The molecule has 3 N–H and O–H groups in total. The van der Waals surface area contributed by atoms with E-state index in [0.29, 0.717) is 0 Å². The first-order chi connectivity index (χ1) is 8.00. The third-order valence-corrected chi connectivity index (χ3v) is 3.37. The Morgan fingerprint density at radius 3 is 2.39 bits per heavy atom. The van der Waals surface area contributed by atoms with Crippen LogP contribution >= 0.6 is 11.6 Å². The minimum Gasteiger partial charge on any atom is -0.504 e. The van der Waals surface area contributed by atoms with E-state index in [0.717, 1.165) is 12.1 Å². The van der Waals surface area contributed by atoms with Crippen LogP contribution in [0.25, 0.3) is 0 Å². The number of phenols is 1. The van der Waals surface area contributed by atoms with Crippen LogP contribution in [0.3, 0.4) is 0 Å². The lowest BCUT2D eigenvalue weighted by molar-refractivity contribution is 0.474. The van der Waals surface area contributed by atoms with Crippen molar-refractivity contribution in [2.45, 2.75) is 26.3 Å². The quantitative estimate of drug-likeness (QED) is 0.749. The molecule has 102 valence electrons. The summed E-state index contributed by atoms with van der Waals surface area (Å²) in [4.78, 5) is 0. The van der Waals surface area contributed by atoms with Gasteiger partial charge >= 0.3 is 0 Å². The molecule has 1 rings (SSSR count). The zero-order valence-corrected chi connectivity index (χ0v) is 11.7. The van der Waals surface area contributed by atoms with Gasteiger partial charge in [0, 0.05) is 11.6 Å². The monoisotopic (exact) mass is 296 g/mol. The van der Waals surface area contributed by atoms with Crippen LogP contribution in [0.15, 0.2) is 12.1 Å². The van der Waals surface area contributed by atoms with Crippen LogP contribution in [-0.4, -0.2) is 19.1 Å². The summed E-state index contributed by atoms with van der Waals surface area (Å²) >= 11 is 5.54. The molecule has 0 fully saturated rings. The van der Waals surface area contributed by atoms with Crippen molar-refractivity contribution < 1.29 is 17.9 Å². The van der Waals surface area contributed by atoms with E-state index in [1.807, 2.05) is 4.72 Å². The van der Waals surface area contributed by atoms with Crippen molar-refractivity contribution in [2.24, 2.45) is 0 Å². The fourth-order valence-electron chi connectivity index (χ4n) is 1.22. The topological polar surface area (TPSA) is 78.4 Å². The highest BCUT2D eigenvalue weighted by Crippen LogP contribution is 2.33. The van der Waals surface area contributed by atoms with Crippen LogP contribution in [0.4, 0.5) is 10.1 Å². The SMILES string of the molecule is CC(C)(C)NS(=O)(=O)Nc1cc(F)cc(Cl)c1O. The first-order valence-electron chi connectivity index (χ1n) is 5.00. The number of aromatic hydroxyl groups is 1. The number of nitrogens with one attached hydrogen (secondary N) is 2. The van der Waals surface area contributed by atoms with Crippen molar-refractivity contribution >= 4 is 27.5 Å². The summed E-state index contributed by atoms with van der Waals surface area (Å²) in [5, 5.41) is 9.26. The molecule has 0 atom stereocenters. The molecular weight excluding hydrogens is 283 g/mol. The summed E-state index contributed by atoms with van der Waals surface area (Å²) in [6.07, 6.45) is 0. The van der Waals surface area contributed by atoms with Gasteiger partial charge in [0.1, 0.15) is 5.82 Å². The van der Waals surface area contributed by atoms with Crippen molar-refractivity contribution in [1.82, 2.24) is 4.72 Å². The fraction of sp³-hybridized carbons (Fsp3) is 0.400. The fourth-order valence-corrected chi connectivity index (χ4v) is 2.73. The Morgan fingerprint density at radius 2 is 1.89 bits per heavy atom. The summed E-state index contributed by atoms with van der Waals surface area (Å²) in [7, 11) is -3.93. The van der Waals surface area contributed by atoms with Crippen LogP contribution in [-0.2, 0) is 10.2 Å². The average molecular weight is 297 g/mol. The normalized spacial score (nSPS) is 12.5. The zero-order valence-electron chi connectivity index (χ0n) is 10.1. The zero-order chi connectivity index (χ0) is 14.1. The molecule has 0 aliphatic carbocycles. The number of hydrogen-bond acceptors (Lipinski definition) is 3. The summed E-state index contributed by atoms with van der Waals surface area (Å²) in [5.74, 6) is -1.29. The number of anilines is 1. The molecule has 0 amide bonds. The van der Waals surface area contributed by atoms with Crippen LogP contribution in [0.5, 0.6) is 5.75 Å². The predicted octanol–water partition coefficient (Wildman–Crippen LogP) is 2.23. The van der Waals surface area contributed by atoms with Gasteiger partial charge in [0.05, 0.1) is 10.7 Å². The lowest BCUT2D eigenvalue weighted by atomic mass is 10.1. The second kappa shape index (κ2) is 4.91. The molecule has 1 aromatic carbocycles. The standard InChI is InChI=1S/C10H14ClFN2O3S/c1-10(2,3)14-18(16,17)13-8-5-6(12)4-7(11)9(8)15/h4-5,13-15H,1-3H3. The van der Waals surface area contributed by atoms with Crippen LogP contribution in [0, 0.1) is 5.82 Å². The van der Waals surface area contributed by atoms with Gasteiger partial charge in [0.25, 0.3) is 10.2 Å². The second-order valence-electron chi connectivity index (χ2n) is 4.74. The average Bonchev–Trinajstić information content (AvgIpc) is 2.08. The highest BCUT2D eigenvalue weighted by Gasteiger charge is 2.21. The number of hydrogen-bond donors (Lipinski definition) is 3. The van der Waals surface area contributed by atoms with Gasteiger partial charge in [-0.15, -0.1) is 0 Å². The molecule has 18 heavy (non-hydrogen) atoms. The third kappa shape index (κ3) is 4.32. The van der Waals surface area contributed by atoms with Gasteiger partial charge < -0.3 is 5.11 Å². The molecule has 5 nitrogen and oxygen atoms in total. The number of benzene rings is 1. The molecular formula is C10H14ClFN2O3S. The predicted molar refractivity (Wildman–Crippen MR) is 68.5 cm³/mol. The molecule has 0 aliphatic heterocycles. The minimum atomic E-state index is -3.93. The van der Waals surface area contributed by atoms with Gasteiger partial charge in [-0.25, -0.2) is 4.39 Å². The Bertz CT molecular complexity index is 555. The summed E-state index contributed by atoms with van der Waals surface area (Å²) in [6, 6.07) is 1.72. The van der Waals surface area contributed by atoms with Gasteiger partial charge in [0.2, 0.25) is 0 Å². The van der Waals surface area contributed by atoms with E-state index in [9.17, 15) is 17.9 Å². The molecule has 0 heterocycles. The van der Waals surface area contributed by atoms with Crippen molar-refractivity contribution in [2.75, 3.05) is 4.72 Å². The first kappa shape index (κ1) is 15.0. The molecule has 0 radical (unpaired) electrons. The van der Waals surface area contributed by atoms with E-state index in [1.165, 1.54) is 0 Å². The highest BCUT2D eigenvalue weighted by atomic mass is 35.5. The Hall–Kier alpha value is -1.05. The molecule has 8 heteroatoms. The molecule has 0 saturated carbocycles. The van der Waals surface area contributed by atoms with Gasteiger partial charge in [-0.1, -0.05) is 11.6 Å². The van der Waals surface area contributed by atoms with E-state index < -0.39 is 27.3 Å². The first-order valence-corrected chi connectivity index (χ1v) is 6.86. The van der Waals surface area contributed by atoms with Crippen LogP contribution in [0.2, 0.25) is 5.02 Å². The lowest BCUT2D eigenvalue weighted by Crippen LogP contribution is -2.43. The van der Waals surface area contributed by atoms with Crippen LogP contribution < -0.4 is 9.44 Å². The smallest absolute Gasteiger partial charge is 0.299 e. The highest BCUT2D eigenvalue weighted by molar-refractivity contribution is 7.90. The maximum Gasteiger partial charge on any atom is 0.299 e. The van der Waals surface area contributed by atoms with Crippen molar-refractivity contribution in [3.8, 4) is 5.75 Å². The number of phenolic OH excluding ortho intramolecular Hbond substituents is 1. The molecule has 0 aromatic heterocycles. The Balaban J connectivity index is 3.05. The van der Waals surface area contributed by atoms with E-state index in [2.05, 4.69) is 4.72 Å². The minimum absolute atomic E-state index is 0.275. The van der Waals surface area contributed by atoms with Crippen molar-refractivity contribution in [3.05, 3.63) is 23.0 Å². The Morgan fingerprint density at radius 1 is 1.33 bits per heavy atom. The lowest BCUT2D eigenvalue weighted by Gasteiger charge is -2.21. The maximum absolute atomic E-state index is 13.1. The van der Waals surface area contributed by atoms with Crippen molar-refractivity contribution in [3.63, 3.8) is 0 Å². The molecule has 0 bridgehead atoms. The summed E-state index contributed by atoms with van der Waals surface area (Å²) < 4.78 is 40.8. The van der Waals surface area contributed by atoms with Gasteiger partial charge in [-0.3, -0.25) is 4.72 Å². The van der Waals surface area contributed by atoms with Gasteiger partial charge in [-0.2, -0.15) is 13.1 Å². The molecule has 0 saturated heterocycles. The van der Waals surface area contributed by atoms with Gasteiger partial charge in [-0.05, 0) is 26.8 Å². The van der Waals surface area contributed by atoms with E-state index >= 15 is 0 Å². The maximum atomic E-state index is 13.1. The number of halogens is 2. The molecule has 0 unspecified atom stereocenters. The molecule has 1 aromatic rings. The van der Waals surface area contributed by atoms with Gasteiger partial charge in [0.15, 0.2) is 5.75 Å². The Kier molecular flexibility index (Phi) is 4.09. The van der Waals surface area contributed by atoms with Crippen molar-refractivity contribution in [1.29, 1.82) is 0 Å². The number of rotatable bonds is 3.